The highest BCUT2D eigenvalue weighted by Crippen LogP contribution is 2.31. The molecule has 0 unspecified atom stereocenters. The first-order chi connectivity index (χ1) is 13.8. The second-order valence-corrected chi connectivity index (χ2v) is 11.1. The Morgan fingerprint density at radius 2 is 1.62 bits per heavy atom. The standard InChI is InChI=1S/C19H30N4O5S/c1-14-4-2-3-5-16(14)23-18(25)17(24)22(19(23)26)13-20-7-9-21(10-8-20)15-6-11-29(27,28)12-15/h14-16H,2-13H2,1H3/t14-,15+,16+/m1/s1. The van der Waals surface area contributed by atoms with Gasteiger partial charge in [-0.15, -0.1) is 0 Å². The van der Waals surface area contributed by atoms with Crippen LogP contribution < -0.4 is 0 Å². The zero-order valence-corrected chi connectivity index (χ0v) is 17.8. The molecule has 0 N–H and O–H groups in total. The molecule has 162 valence electrons. The highest BCUT2D eigenvalue weighted by Gasteiger charge is 2.49. The third-order valence-electron chi connectivity index (χ3n) is 6.95. The molecule has 10 heteroatoms. The minimum atomic E-state index is -2.91. The summed E-state index contributed by atoms with van der Waals surface area (Å²) in [6.07, 6.45) is 4.48. The van der Waals surface area contributed by atoms with Crippen LogP contribution in [0.2, 0.25) is 0 Å². The molecule has 4 rings (SSSR count). The smallest absolute Gasteiger partial charge is 0.297 e. The van der Waals surface area contributed by atoms with E-state index in [1.165, 1.54) is 4.90 Å². The second kappa shape index (κ2) is 7.96. The fraction of sp³-hybridized carbons (Fsp3) is 0.842. The number of hydrogen-bond acceptors (Lipinski definition) is 7. The maximum Gasteiger partial charge on any atom is 0.335 e. The number of rotatable bonds is 4. The van der Waals surface area contributed by atoms with Crippen molar-refractivity contribution in [1.29, 1.82) is 0 Å². The van der Waals surface area contributed by atoms with Crippen LogP contribution in [0.4, 0.5) is 4.79 Å². The molecule has 3 saturated heterocycles. The summed E-state index contributed by atoms with van der Waals surface area (Å²) in [6.45, 7) is 4.85. The third kappa shape index (κ3) is 4.06. The summed E-state index contributed by atoms with van der Waals surface area (Å²) in [7, 11) is -2.91. The molecule has 0 bridgehead atoms. The lowest BCUT2D eigenvalue weighted by Crippen LogP contribution is -2.54. The van der Waals surface area contributed by atoms with Crippen molar-refractivity contribution in [3.8, 4) is 0 Å². The average Bonchev–Trinajstić information content (AvgIpc) is 3.15. The van der Waals surface area contributed by atoms with Gasteiger partial charge in [-0.25, -0.2) is 18.1 Å². The molecule has 0 spiro atoms. The summed E-state index contributed by atoms with van der Waals surface area (Å²) in [5.41, 5.74) is 0. The summed E-state index contributed by atoms with van der Waals surface area (Å²) >= 11 is 0. The number of carbonyl (C=O) groups is 3. The SMILES string of the molecule is C[C@@H]1CCCC[C@@H]1N1C(=O)C(=O)N(CN2CCN([C@H]3CCS(=O)(=O)C3)CC2)C1=O. The van der Waals surface area contributed by atoms with Gasteiger partial charge in [-0.3, -0.25) is 24.3 Å². The first-order valence-electron chi connectivity index (χ1n) is 10.6. The Balaban J connectivity index is 1.34. The number of urea groups is 1. The molecule has 9 nitrogen and oxygen atoms in total. The molecular formula is C19H30N4O5S. The summed E-state index contributed by atoms with van der Waals surface area (Å²) < 4.78 is 23.4. The van der Waals surface area contributed by atoms with Crippen LogP contribution in [0.25, 0.3) is 0 Å². The van der Waals surface area contributed by atoms with Crippen LogP contribution in [0, 0.1) is 5.92 Å². The first-order valence-corrected chi connectivity index (χ1v) is 12.4. The predicted molar refractivity (Wildman–Crippen MR) is 106 cm³/mol. The maximum atomic E-state index is 12.9. The van der Waals surface area contributed by atoms with E-state index < -0.39 is 27.7 Å². The van der Waals surface area contributed by atoms with E-state index in [4.69, 9.17) is 0 Å². The Kier molecular flexibility index (Phi) is 5.69. The molecule has 1 aliphatic carbocycles. The molecule has 4 amide bonds. The molecule has 4 fully saturated rings. The molecule has 0 aromatic carbocycles. The Bertz CT molecular complexity index is 792. The van der Waals surface area contributed by atoms with Crippen molar-refractivity contribution in [1.82, 2.24) is 19.6 Å². The van der Waals surface area contributed by atoms with Crippen LogP contribution >= 0.6 is 0 Å². The Morgan fingerprint density at radius 1 is 0.931 bits per heavy atom. The van der Waals surface area contributed by atoms with E-state index in [0.717, 1.165) is 30.6 Å². The van der Waals surface area contributed by atoms with Crippen LogP contribution in [0.15, 0.2) is 0 Å². The van der Waals surface area contributed by atoms with Crippen LogP contribution in [0.5, 0.6) is 0 Å². The molecule has 4 aliphatic rings. The highest BCUT2D eigenvalue weighted by atomic mass is 32.2. The second-order valence-electron chi connectivity index (χ2n) is 8.87. The third-order valence-corrected chi connectivity index (χ3v) is 8.71. The highest BCUT2D eigenvalue weighted by molar-refractivity contribution is 7.91. The van der Waals surface area contributed by atoms with Gasteiger partial charge in [-0.2, -0.15) is 0 Å². The van der Waals surface area contributed by atoms with Crippen molar-refractivity contribution in [2.24, 2.45) is 5.92 Å². The number of nitrogens with zero attached hydrogens (tertiary/aromatic N) is 4. The lowest BCUT2D eigenvalue weighted by atomic mass is 9.85. The van der Waals surface area contributed by atoms with Crippen LogP contribution in [0.1, 0.15) is 39.0 Å². The lowest BCUT2D eigenvalue weighted by molar-refractivity contribution is -0.145. The van der Waals surface area contributed by atoms with Gasteiger partial charge in [0.2, 0.25) is 0 Å². The van der Waals surface area contributed by atoms with Crippen molar-refractivity contribution in [2.75, 3.05) is 44.4 Å². The number of carbonyl (C=O) groups excluding carboxylic acids is 3. The quantitative estimate of drug-likeness (QED) is 0.465. The van der Waals surface area contributed by atoms with Gasteiger partial charge < -0.3 is 0 Å². The summed E-state index contributed by atoms with van der Waals surface area (Å²) in [5.74, 6) is -0.720. The van der Waals surface area contributed by atoms with Crippen LogP contribution in [0.3, 0.4) is 0 Å². The Morgan fingerprint density at radius 3 is 2.24 bits per heavy atom. The zero-order valence-electron chi connectivity index (χ0n) is 17.0. The fourth-order valence-corrected chi connectivity index (χ4v) is 6.91. The first kappa shape index (κ1) is 20.7. The average molecular weight is 427 g/mol. The summed E-state index contributed by atoms with van der Waals surface area (Å²) in [4.78, 5) is 44.4. The number of hydrogen-bond donors (Lipinski definition) is 0. The monoisotopic (exact) mass is 426 g/mol. The van der Waals surface area contributed by atoms with Gasteiger partial charge in [0.25, 0.3) is 0 Å². The minimum Gasteiger partial charge on any atom is -0.297 e. The van der Waals surface area contributed by atoms with E-state index in [9.17, 15) is 22.8 Å². The fourth-order valence-electron chi connectivity index (χ4n) is 5.15. The maximum absolute atomic E-state index is 12.9. The van der Waals surface area contributed by atoms with Gasteiger partial charge in [0, 0.05) is 38.3 Å². The molecule has 3 atom stereocenters. The van der Waals surface area contributed by atoms with Crippen LogP contribution in [-0.4, -0.2) is 102 Å². The van der Waals surface area contributed by atoms with E-state index in [1.54, 1.807) is 0 Å². The van der Waals surface area contributed by atoms with E-state index in [0.29, 0.717) is 32.6 Å². The van der Waals surface area contributed by atoms with E-state index in [1.807, 2.05) is 11.8 Å². The predicted octanol–water partition coefficient (Wildman–Crippen LogP) is 0.118. The largest absolute Gasteiger partial charge is 0.335 e. The summed E-state index contributed by atoms with van der Waals surface area (Å²) in [6, 6.07) is -0.594. The zero-order chi connectivity index (χ0) is 20.8. The van der Waals surface area contributed by atoms with Gasteiger partial charge in [0.05, 0.1) is 18.2 Å². The van der Waals surface area contributed by atoms with E-state index >= 15 is 0 Å². The van der Waals surface area contributed by atoms with Gasteiger partial charge in [-0.05, 0) is 25.2 Å². The number of piperazine rings is 1. The van der Waals surface area contributed by atoms with Crippen molar-refractivity contribution >= 4 is 27.7 Å². The van der Waals surface area contributed by atoms with Crippen molar-refractivity contribution in [3.63, 3.8) is 0 Å². The Hall–Kier alpha value is -1.52. The normalized spacial score (nSPS) is 34.4. The summed E-state index contributed by atoms with van der Waals surface area (Å²) in [5, 5.41) is 0. The molecular weight excluding hydrogens is 396 g/mol. The lowest BCUT2D eigenvalue weighted by Gasteiger charge is -2.38. The number of sulfone groups is 1. The van der Waals surface area contributed by atoms with E-state index in [-0.39, 0.29) is 36.2 Å². The molecule has 3 aliphatic heterocycles. The van der Waals surface area contributed by atoms with E-state index in [2.05, 4.69) is 4.90 Å². The molecule has 0 aromatic heterocycles. The minimum absolute atomic E-state index is 0.0714. The van der Waals surface area contributed by atoms with Crippen molar-refractivity contribution in [2.45, 2.75) is 51.1 Å². The number of imide groups is 2. The van der Waals surface area contributed by atoms with Gasteiger partial charge in [0.1, 0.15) is 0 Å². The van der Waals surface area contributed by atoms with Gasteiger partial charge >= 0.3 is 17.8 Å². The van der Waals surface area contributed by atoms with Gasteiger partial charge in [-0.1, -0.05) is 19.8 Å². The molecule has 0 aromatic rings. The van der Waals surface area contributed by atoms with Crippen molar-refractivity contribution < 1.29 is 22.8 Å². The molecule has 29 heavy (non-hydrogen) atoms. The van der Waals surface area contributed by atoms with Crippen LogP contribution in [-0.2, 0) is 19.4 Å². The molecule has 0 radical (unpaired) electrons. The molecule has 3 heterocycles. The number of amides is 4. The Labute approximate surface area is 171 Å². The molecule has 1 saturated carbocycles. The van der Waals surface area contributed by atoms with Gasteiger partial charge in [0.15, 0.2) is 9.84 Å². The van der Waals surface area contributed by atoms with Crippen molar-refractivity contribution in [3.05, 3.63) is 0 Å². The topological polar surface area (TPSA) is 98.3 Å².